The zero-order valence-electron chi connectivity index (χ0n) is 9.22. The monoisotopic (exact) mass is 254 g/mol. The Balaban J connectivity index is 2.24. The van der Waals surface area contributed by atoms with E-state index in [4.69, 9.17) is 5.14 Å². The minimum atomic E-state index is -3.70. The van der Waals surface area contributed by atoms with E-state index in [1.807, 2.05) is 0 Å². The van der Waals surface area contributed by atoms with Crippen LogP contribution in [0.4, 0.5) is 0 Å². The zero-order chi connectivity index (χ0) is 12.5. The van der Waals surface area contributed by atoms with Crippen molar-refractivity contribution in [2.45, 2.75) is 30.2 Å². The lowest BCUT2D eigenvalue weighted by Gasteiger charge is -2.12. The molecule has 0 aliphatic carbocycles. The summed E-state index contributed by atoms with van der Waals surface area (Å²) in [7, 11) is -3.70. The SMILES string of the molecule is NS(=O)(=O)c1ccccc1C[C@@H]1CCC(=O)N1. The highest BCUT2D eigenvalue weighted by molar-refractivity contribution is 7.89. The van der Waals surface area contributed by atoms with Crippen LogP contribution in [0.1, 0.15) is 18.4 Å². The summed E-state index contributed by atoms with van der Waals surface area (Å²) >= 11 is 0. The average molecular weight is 254 g/mol. The second-order valence-electron chi connectivity index (χ2n) is 4.16. The Labute approximate surface area is 100 Å². The molecule has 1 heterocycles. The Morgan fingerprint density at radius 3 is 2.65 bits per heavy atom. The number of nitrogens with one attached hydrogen (secondary N) is 1. The molecule has 0 aromatic heterocycles. The van der Waals surface area contributed by atoms with Gasteiger partial charge in [-0.2, -0.15) is 0 Å². The van der Waals surface area contributed by atoms with Gasteiger partial charge >= 0.3 is 0 Å². The lowest BCUT2D eigenvalue weighted by atomic mass is 10.0. The number of hydrogen-bond donors (Lipinski definition) is 2. The highest BCUT2D eigenvalue weighted by Gasteiger charge is 2.23. The fourth-order valence-corrected chi connectivity index (χ4v) is 2.83. The highest BCUT2D eigenvalue weighted by Crippen LogP contribution is 2.19. The molecule has 1 aromatic carbocycles. The molecule has 2 rings (SSSR count). The first-order valence-corrected chi connectivity index (χ1v) is 6.91. The first-order chi connectivity index (χ1) is 7.97. The molecule has 1 atom stereocenters. The maximum absolute atomic E-state index is 11.4. The van der Waals surface area contributed by atoms with E-state index in [2.05, 4.69) is 5.32 Å². The second kappa shape index (κ2) is 4.46. The van der Waals surface area contributed by atoms with Crippen LogP contribution in [0.5, 0.6) is 0 Å². The summed E-state index contributed by atoms with van der Waals surface area (Å²) in [4.78, 5) is 11.2. The third-order valence-corrected chi connectivity index (χ3v) is 3.84. The second-order valence-corrected chi connectivity index (χ2v) is 5.69. The Bertz CT molecular complexity index is 539. The number of sulfonamides is 1. The van der Waals surface area contributed by atoms with Crippen molar-refractivity contribution in [3.05, 3.63) is 29.8 Å². The molecule has 1 fully saturated rings. The summed E-state index contributed by atoms with van der Waals surface area (Å²) in [5.41, 5.74) is 0.655. The summed E-state index contributed by atoms with van der Waals surface area (Å²) in [5, 5.41) is 7.95. The van der Waals surface area contributed by atoms with E-state index in [0.717, 1.165) is 6.42 Å². The summed E-state index contributed by atoms with van der Waals surface area (Å²) in [6.07, 6.45) is 1.73. The van der Waals surface area contributed by atoms with Crippen molar-refractivity contribution in [1.82, 2.24) is 5.32 Å². The van der Waals surface area contributed by atoms with Gasteiger partial charge in [-0.05, 0) is 24.5 Å². The van der Waals surface area contributed by atoms with Crippen molar-refractivity contribution >= 4 is 15.9 Å². The van der Waals surface area contributed by atoms with Gasteiger partial charge in [0.25, 0.3) is 0 Å². The van der Waals surface area contributed by atoms with Crippen LogP contribution in [0.3, 0.4) is 0 Å². The maximum Gasteiger partial charge on any atom is 0.238 e. The Morgan fingerprint density at radius 1 is 1.35 bits per heavy atom. The minimum Gasteiger partial charge on any atom is -0.353 e. The van der Waals surface area contributed by atoms with Crippen molar-refractivity contribution in [2.24, 2.45) is 5.14 Å². The average Bonchev–Trinajstić information content (AvgIpc) is 2.63. The molecule has 1 aliphatic rings. The van der Waals surface area contributed by atoms with Crippen molar-refractivity contribution < 1.29 is 13.2 Å². The third kappa shape index (κ3) is 2.83. The van der Waals surface area contributed by atoms with Crippen LogP contribution >= 0.6 is 0 Å². The summed E-state index contributed by atoms with van der Waals surface area (Å²) in [5.74, 6) is 0.0167. The van der Waals surface area contributed by atoms with Crippen LogP contribution in [0.25, 0.3) is 0 Å². The van der Waals surface area contributed by atoms with Crippen molar-refractivity contribution in [2.75, 3.05) is 0 Å². The number of amides is 1. The lowest BCUT2D eigenvalue weighted by Crippen LogP contribution is -2.28. The predicted octanol–water partition coefficient (Wildman–Crippen LogP) is 0.155. The Kier molecular flexibility index (Phi) is 3.17. The molecule has 0 saturated carbocycles. The number of nitrogens with two attached hydrogens (primary N) is 1. The quantitative estimate of drug-likeness (QED) is 0.805. The van der Waals surface area contributed by atoms with Gasteiger partial charge in [0.15, 0.2) is 0 Å². The van der Waals surface area contributed by atoms with Gasteiger partial charge in [-0.1, -0.05) is 18.2 Å². The first-order valence-electron chi connectivity index (χ1n) is 5.37. The van der Waals surface area contributed by atoms with Gasteiger partial charge in [0, 0.05) is 12.5 Å². The van der Waals surface area contributed by atoms with Crippen LogP contribution in [0, 0.1) is 0 Å². The fraction of sp³-hybridized carbons (Fsp3) is 0.364. The molecule has 17 heavy (non-hydrogen) atoms. The van der Waals surface area contributed by atoms with E-state index in [1.54, 1.807) is 18.2 Å². The summed E-state index contributed by atoms with van der Waals surface area (Å²) < 4.78 is 22.8. The van der Waals surface area contributed by atoms with Gasteiger partial charge in [-0.25, -0.2) is 13.6 Å². The van der Waals surface area contributed by atoms with Crippen LogP contribution in [-0.4, -0.2) is 20.4 Å². The van der Waals surface area contributed by atoms with Crippen molar-refractivity contribution in [3.8, 4) is 0 Å². The molecule has 1 aromatic rings. The Hall–Kier alpha value is -1.40. The molecule has 0 spiro atoms. The van der Waals surface area contributed by atoms with E-state index in [-0.39, 0.29) is 16.8 Å². The largest absolute Gasteiger partial charge is 0.353 e. The topological polar surface area (TPSA) is 89.3 Å². The predicted molar refractivity (Wildman–Crippen MR) is 62.7 cm³/mol. The number of carbonyl (C=O) groups excluding carboxylic acids is 1. The molecule has 1 amide bonds. The molecular formula is C11H14N2O3S. The summed E-state index contributed by atoms with van der Waals surface area (Å²) in [6.45, 7) is 0. The van der Waals surface area contributed by atoms with Gasteiger partial charge in [-0.3, -0.25) is 4.79 Å². The standard InChI is InChI=1S/C11H14N2O3S/c12-17(15,16)10-4-2-1-3-8(10)7-9-5-6-11(14)13-9/h1-4,9H,5-7H2,(H,13,14)(H2,12,15,16)/t9-/m0/s1. The van der Waals surface area contributed by atoms with Crippen LogP contribution in [0.15, 0.2) is 29.2 Å². The third-order valence-electron chi connectivity index (χ3n) is 2.83. The van der Waals surface area contributed by atoms with Crippen LogP contribution in [0.2, 0.25) is 0 Å². The highest BCUT2D eigenvalue weighted by atomic mass is 32.2. The number of rotatable bonds is 3. The molecule has 1 saturated heterocycles. The zero-order valence-corrected chi connectivity index (χ0v) is 10.0. The van der Waals surface area contributed by atoms with Gasteiger partial charge in [0.2, 0.25) is 15.9 Å². The normalized spacial score (nSPS) is 20.3. The fourth-order valence-electron chi connectivity index (χ4n) is 2.05. The summed E-state index contributed by atoms with van der Waals surface area (Å²) in [6, 6.07) is 6.62. The van der Waals surface area contributed by atoms with Gasteiger partial charge in [0.1, 0.15) is 0 Å². The molecule has 5 nitrogen and oxygen atoms in total. The van der Waals surface area contributed by atoms with Gasteiger partial charge < -0.3 is 5.32 Å². The van der Waals surface area contributed by atoms with E-state index < -0.39 is 10.0 Å². The van der Waals surface area contributed by atoms with Crippen LogP contribution in [-0.2, 0) is 21.2 Å². The van der Waals surface area contributed by atoms with Crippen molar-refractivity contribution in [1.29, 1.82) is 0 Å². The molecule has 0 bridgehead atoms. The number of primary sulfonamides is 1. The van der Waals surface area contributed by atoms with Crippen LogP contribution < -0.4 is 10.5 Å². The number of hydrogen-bond acceptors (Lipinski definition) is 3. The Morgan fingerprint density at radius 2 is 2.06 bits per heavy atom. The molecule has 1 aliphatic heterocycles. The van der Waals surface area contributed by atoms with Gasteiger partial charge in [0.05, 0.1) is 4.90 Å². The number of carbonyl (C=O) groups is 1. The first kappa shape index (κ1) is 12.1. The number of benzene rings is 1. The lowest BCUT2D eigenvalue weighted by molar-refractivity contribution is -0.119. The molecule has 0 unspecified atom stereocenters. The van der Waals surface area contributed by atoms with E-state index in [1.165, 1.54) is 6.07 Å². The van der Waals surface area contributed by atoms with Crippen molar-refractivity contribution in [3.63, 3.8) is 0 Å². The molecule has 0 radical (unpaired) electrons. The van der Waals surface area contributed by atoms with E-state index >= 15 is 0 Å². The minimum absolute atomic E-state index is 0.00500. The maximum atomic E-state index is 11.4. The molecule has 6 heteroatoms. The van der Waals surface area contributed by atoms with Gasteiger partial charge in [-0.15, -0.1) is 0 Å². The molecule has 92 valence electrons. The molecule has 3 N–H and O–H groups in total. The molecular weight excluding hydrogens is 240 g/mol. The van der Waals surface area contributed by atoms with E-state index in [0.29, 0.717) is 18.4 Å². The van der Waals surface area contributed by atoms with E-state index in [9.17, 15) is 13.2 Å². The smallest absolute Gasteiger partial charge is 0.238 e.